The molecule has 0 aromatic heterocycles. The van der Waals surface area contributed by atoms with Gasteiger partial charge in [-0.2, -0.15) is 23.6 Å². The predicted octanol–water partition coefficient (Wildman–Crippen LogP) is 2.84. The molecule has 0 aliphatic carbocycles. The highest BCUT2D eigenvalue weighted by atomic mass is 32.2. The summed E-state index contributed by atoms with van der Waals surface area (Å²) in [4.78, 5) is 13.4. The van der Waals surface area contributed by atoms with Crippen molar-refractivity contribution in [1.29, 1.82) is 0 Å². The van der Waals surface area contributed by atoms with Gasteiger partial charge in [0.2, 0.25) is 0 Å². The lowest BCUT2D eigenvalue weighted by Gasteiger charge is -2.22. The van der Waals surface area contributed by atoms with Crippen molar-refractivity contribution >= 4 is 50.9 Å². The van der Waals surface area contributed by atoms with E-state index in [-0.39, 0.29) is 10.8 Å². The van der Waals surface area contributed by atoms with Crippen molar-refractivity contribution in [1.82, 2.24) is 0 Å². The summed E-state index contributed by atoms with van der Waals surface area (Å²) in [5.41, 5.74) is 2.22. The molecule has 12 nitrogen and oxygen atoms in total. The number of amides is 1. The topological polar surface area (TPSA) is 162 Å². The smallest absolute Gasteiger partial charge is 0.294 e. The van der Waals surface area contributed by atoms with E-state index in [4.69, 9.17) is 9.81 Å². The molecule has 0 saturated carbocycles. The van der Waals surface area contributed by atoms with Gasteiger partial charge in [0.05, 0.1) is 45.5 Å². The molecule has 2 aromatic rings. The third-order valence-electron chi connectivity index (χ3n) is 5.37. The van der Waals surface area contributed by atoms with Crippen molar-refractivity contribution in [2.45, 2.75) is 29.9 Å². The van der Waals surface area contributed by atoms with Gasteiger partial charge in [0.1, 0.15) is 0 Å². The Kier molecular flexibility index (Phi) is 7.05. The van der Waals surface area contributed by atoms with Crippen LogP contribution in [0.1, 0.15) is 13.8 Å². The summed E-state index contributed by atoms with van der Waals surface area (Å²) in [5.74, 6) is -1.01. The number of carbonyl (C=O) groups is 1. The van der Waals surface area contributed by atoms with Crippen molar-refractivity contribution in [2.75, 3.05) is 10.0 Å². The van der Waals surface area contributed by atoms with Crippen LogP contribution in [0.5, 0.6) is 0 Å². The molecule has 0 fully saturated rings. The van der Waals surface area contributed by atoms with Gasteiger partial charge in [0.25, 0.3) is 16.0 Å². The summed E-state index contributed by atoms with van der Waals surface area (Å²) in [6, 6.07) is 11.8. The molecule has 2 aromatic carbocycles. The quantitative estimate of drug-likeness (QED) is 0.163. The lowest BCUT2D eigenvalue weighted by Crippen LogP contribution is -2.32. The molecule has 14 heteroatoms. The molecule has 0 spiro atoms. The largest absolute Gasteiger partial charge is 0.371 e. The van der Waals surface area contributed by atoms with E-state index < -0.39 is 22.3 Å². The summed E-state index contributed by atoms with van der Waals surface area (Å²) >= 11 is 0.785. The summed E-state index contributed by atoms with van der Waals surface area (Å²) in [7, 11) is -4.35. The Morgan fingerprint density at radius 2 is 1.66 bits per heavy atom. The Hall–Kier alpha value is -3.11. The molecular weight excluding hydrogens is 500 g/mol. The van der Waals surface area contributed by atoms with Crippen LogP contribution >= 0.6 is 12.0 Å². The molecule has 2 aliphatic heterocycles. The zero-order chi connectivity index (χ0) is 25.3. The Balaban J connectivity index is 1.53. The number of rotatable bonds is 7. The van der Waals surface area contributed by atoms with Crippen molar-refractivity contribution in [3.63, 3.8) is 0 Å². The first-order valence-corrected chi connectivity index (χ1v) is 12.2. The molecule has 2 aliphatic rings. The highest BCUT2D eigenvalue weighted by Crippen LogP contribution is 2.32. The van der Waals surface area contributed by atoms with Crippen LogP contribution in [-0.4, -0.2) is 46.9 Å². The third-order valence-corrected chi connectivity index (χ3v) is 6.83. The van der Waals surface area contributed by atoms with Gasteiger partial charge >= 0.3 is 0 Å². The number of hydrogen-bond acceptors (Lipinski definition) is 11. The van der Waals surface area contributed by atoms with Crippen LogP contribution in [0.4, 0.5) is 11.4 Å². The van der Waals surface area contributed by atoms with Crippen LogP contribution in [0.2, 0.25) is 0 Å². The fraction of sp³-hybridized carbons (Fsp3) is 0.190. The number of hydrazone groups is 2. The fourth-order valence-electron chi connectivity index (χ4n) is 3.61. The zero-order valence-corrected chi connectivity index (χ0v) is 20.0. The maximum Gasteiger partial charge on any atom is 0.294 e. The lowest BCUT2D eigenvalue weighted by molar-refractivity contribution is -0.432. The van der Waals surface area contributed by atoms with Crippen LogP contribution in [0, 0.1) is 5.92 Å². The number of anilines is 2. The molecule has 3 N–H and O–H groups in total. The maximum atomic E-state index is 13.1. The number of aliphatic hydroxyl groups is 1. The van der Waals surface area contributed by atoms with Crippen molar-refractivity contribution in [2.24, 2.45) is 16.1 Å². The Morgan fingerprint density at radius 1 is 1.03 bits per heavy atom. The second-order valence-electron chi connectivity index (χ2n) is 7.60. The van der Waals surface area contributed by atoms with Crippen LogP contribution in [0.15, 0.2) is 80.2 Å². The maximum absolute atomic E-state index is 13.1. The molecule has 184 valence electrons. The first kappa shape index (κ1) is 25.0. The summed E-state index contributed by atoms with van der Waals surface area (Å²) in [6.45, 7) is 3.38. The summed E-state index contributed by atoms with van der Waals surface area (Å²) in [6.07, 6.45) is 0.451. The molecule has 0 saturated heterocycles. The number of benzene rings is 2. The number of carbonyl (C=O) groups excluding carboxylic acids is 1. The Morgan fingerprint density at radius 3 is 2.26 bits per heavy atom. The van der Waals surface area contributed by atoms with E-state index in [1.807, 2.05) is 0 Å². The highest BCUT2D eigenvalue weighted by Gasteiger charge is 2.37. The average Bonchev–Trinajstić information content (AvgIpc) is 3.27. The summed E-state index contributed by atoms with van der Waals surface area (Å²) in [5, 5.41) is 33.9. The van der Waals surface area contributed by atoms with Gasteiger partial charge < -0.3 is 5.11 Å². The average molecular weight is 521 g/mol. The van der Waals surface area contributed by atoms with Crippen LogP contribution < -0.4 is 10.0 Å². The SMILES string of the molecule is CC1=NN(c2ccc(SOOO)cc2)C(=O)/C1=C/C1C(C)=NN(c2ccc(S(=O)(=O)O)cc2)C1O. The van der Waals surface area contributed by atoms with E-state index in [0.29, 0.717) is 33.3 Å². The molecule has 2 atom stereocenters. The van der Waals surface area contributed by atoms with E-state index in [9.17, 15) is 18.3 Å². The number of hydrogen-bond donors (Lipinski definition) is 3. The van der Waals surface area contributed by atoms with Gasteiger partial charge in [-0.1, -0.05) is 11.1 Å². The minimum absolute atomic E-state index is 0.279. The van der Waals surface area contributed by atoms with Crippen molar-refractivity contribution < 1.29 is 37.5 Å². The highest BCUT2D eigenvalue weighted by molar-refractivity contribution is 7.94. The molecule has 0 radical (unpaired) electrons. The van der Waals surface area contributed by atoms with E-state index in [1.165, 1.54) is 34.3 Å². The molecule has 2 heterocycles. The molecule has 0 bridgehead atoms. The second-order valence-corrected chi connectivity index (χ2v) is 9.79. The Bertz CT molecular complexity index is 1320. The fourth-order valence-corrected chi connectivity index (χ4v) is 4.45. The van der Waals surface area contributed by atoms with Gasteiger partial charge in [0.15, 0.2) is 6.23 Å². The summed E-state index contributed by atoms with van der Waals surface area (Å²) < 4.78 is 36.1. The van der Waals surface area contributed by atoms with E-state index in [0.717, 1.165) is 12.0 Å². The monoisotopic (exact) mass is 520 g/mol. The molecule has 4 rings (SSSR count). The minimum Gasteiger partial charge on any atom is -0.371 e. The van der Waals surface area contributed by atoms with Gasteiger partial charge in [-0.25, -0.2) is 10.3 Å². The molecule has 1 amide bonds. The first-order chi connectivity index (χ1) is 16.6. The van der Waals surface area contributed by atoms with Gasteiger partial charge in [0, 0.05) is 10.6 Å². The van der Waals surface area contributed by atoms with E-state index in [2.05, 4.69) is 19.6 Å². The lowest BCUT2D eigenvalue weighted by atomic mass is 9.98. The van der Waals surface area contributed by atoms with Crippen LogP contribution in [-0.2, 0) is 24.3 Å². The van der Waals surface area contributed by atoms with Crippen LogP contribution in [0.3, 0.4) is 0 Å². The van der Waals surface area contributed by atoms with Crippen molar-refractivity contribution in [3.8, 4) is 0 Å². The minimum atomic E-state index is -4.35. The van der Waals surface area contributed by atoms with Gasteiger partial charge in [-0.15, -0.1) is 4.33 Å². The molecular formula is C21H20N4O8S2. The first-order valence-electron chi connectivity index (χ1n) is 10.1. The number of nitrogens with zero attached hydrogens (tertiary/aromatic N) is 4. The second kappa shape index (κ2) is 9.87. The normalized spacial score (nSPS) is 21.6. The number of aliphatic hydroxyl groups excluding tert-OH is 1. The molecule has 2 unspecified atom stereocenters. The van der Waals surface area contributed by atoms with Crippen molar-refractivity contribution in [3.05, 3.63) is 60.2 Å². The van der Waals surface area contributed by atoms with E-state index >= 15 is 0 Å². The standard InChI is InChI=1S/C21H20N4O8S2/c1-12-18(20(26)24(22-12)14-3-7-16(8-4-14)34-33-32-28)11-19-13(2)23-25(21(19)27)15-5-9-17(10-6-15)35(29,30)31/h3-11,19,21,27-28H,1-2H3,(H,29,30,31)/b18-11+. The van der Waals surface area contributed by atoms with E-state index in [1.54, 1.807) is 44.2 Å². The Labute approximate surface area is 204 Å². The van der Waals surface area contributed by atoms with Gasteiger partial charge in [-0.3, -0.25) is 9.35 Å². The van der Waals surface area contributed by atoms with Crippen LogP contribution in [0.25, 0.3) is 0 Å². The van der Waals surface area contributed by atoms with Gasteiger partial charge in [-0.05, 0) is 62.4 Å². The predicted molar refractivity (Wildman–Crippen MR) is 127 cm³/mol. The zero-order valence-electron chi connectivity index (χ0n) is 18.3. The molecule has 35 heavy (non-hydrogen) atoms. The third kappa shape index (κ3) is 5.13.